The molecule has 0 heterocycles. The third kappa shape index (κ3) is 6.39. The first-order chi connectivity index (χ1) is 3.77. The second kappa shape index (κ2) is 5.53. The van der Waals surface area contributed by atoms with Crippen LogP contribution >= 0.6 is 0 Å². The first kappa shape index (κ1) is 8.39. The highest BCUT2D eigenvalue weighted by molar-refractivity contribution is 6.48. The molecule has 0 spiro atoms. The molecule has 0 amide bonds. The molecule has 0 aliphatic carbocycles. The van der Waals surface area contributed by atoms with Gasteiger partial charge in [-0.15, -0.1) is 0 Å². The molecule has 0 fully saturated rings. The smallest absolute Gasteiger partial charge is 0.169 e. The van der Waals surface area contributed by atoms with Crippen molar-refractivity contribution in [3.63, 3.8) is 0 Å². The number of rotatable bonds is 4. The predicted octanol–water partition coefficient (Wildman–Crippen LogP) is -0.104. The SMILES string of the molecule is C[SiH](O)CCCC[SiH3]. The summed E-state index contributed by atoms with van der Waals surface area (Å²) >= 11 is 0. The summed E-state index contributed by atoms with van der Waals surface area (Å²) < 4.78 is 0. The molecule has 0 aromatic carbocycles. The van der Waals surface area contributed by atoms with Crippen molar-refractivity contribution in [3.05, 3.63) is 0 Å². The molecule has 0 radical (unpaired) electrons. The molecular weight excluding hydrogens is 132 g/mol. The molecule has 0 rings (SSSR count). The summed E-state index contributed by atoms with van der Waals surface area (Å²) in [5.74, 6) is 0. The summed E-state index contributed by atoms with van der Waals surface area (Å²) in [5.41, 5.74) is 0. The zero-order valence-corrected chi connectivity index (χ0v) is 9.01. The molecule has 1 atom stereocenters. The van der Waals surface area contributed by atoms with Crippen LogP contribution in [0, 0.1) is 0 Å². The maximum Gasteiger partial charge on any atom is 0.169 e. The zero-order chi connectivity index (χ0) is 6.41. The van der Waals surface area contributed by atoms with Gasteiger partial charge in [0.05, 0.1) is 0 Å². The Kier molecular flexibility index (Phi) is 5.80. The predicted molar refractivity (Wildman–Crippen MR) is 44.0 cm³/mol. The fraction of sp³-hybridized carbons (Fsp3) is 1.00. The molecule has 1 unspecified atom stereocenters. The number of unbranched alkanes of at least 4 members (excludes halogenated alkanes) is 1. The molecule has 0 aromatic rings. The standard InChI is InChI=1S/C5H16OSi2/c1-8(6)5-3-2-4-7/h6,8H,2-5H2,1,7H3. The Morgan fingerprint density at radius 3 is 2.50 bits per heavy atom. The third-order valence-corrected chi connectivity index (χ3v) is 3.18. The summed E-state index contributed by atoms with van der Waals surface area (Å²) in [6.07, 6.45) is 2.62. The second-order valence-corrected chi connectivity index (χ2v) is 5.62. The molecule has 3 heteroatoms. The van der Waals surface area contributed by atoms with E-state index in [9.17, 15) is 0 Å². The summed E-state index contributed by atoms with van der Waals surface area (Å²) in [6.45, 7) is 1.99. The molecule has 0 aliphatic heterocycles. The maximum absolute atomic E-state index is 8.93. The van der Waals surface area contributed by atoms with Gasteiger partial charge < -0.3 is 4.80 Å². The van der Waals surface area contributed by atoms with Crippen molar-refractivity contribution in [3.8, 4) is 0 Å². The van der Waals surface area contributed by atoms with E-state index in [0.717, 1.165) is 6.04 Å². The molecule has 0 saturated heterocycles. The van der Waals surface area contributed by atoms with E-state index in [-0.39, 0.29) is 0 Å². The van der Waals surface area contributed by atoms with E-state index in [1.165, 1.54) is 29.1 Å². The van der Waals surface area contributed by atoms with Gasteiger partial charge in [-0.05, 0) is 12.6 Å². The molecule has 50 valence electrons. The average Bonchev–Trinajstić information content (AvgIpc) is 1.66. The Labute approximate surface area is 56.3 Å². The van der Waals surface area contributed by atoms with Gasteiger partial charge in [0.25, 0.3) is 0 Å². The van der Waals surface area contributed by atoms with E-state index in [0.29, 0.717) is 0 Å². The van der Waals surface area contributed by atoms with Crippen molar-refractivity contribution in [2.45, 2.75) is 31.5 Å². The van der Waals surface area contributed by atoms with E-state index in [1.807, 2.05) is 6.55 Å². The van der Waals surface area contributed by atoms with Crippen LogP contribution in [0.15, 0.2) is 0 Å². The molecular formula is C5H16OSi2. The zero-order valence-electron chi connectivity index (χ0n) is 5.85. The Hall–Kier alpha value is 0.394. The van der Waals surface area contributed by atoms with Gasteiger partial charge in [-0.1, -0.05) is 18.9 Å². The Morgan fingerprint density at radius 2 is 2.12 bits per heavy atom. The number of hydrogen-bond acceptors (Lipinski definition) is 1. The quantitative estimate of drug-likeness (QED) is 0.436. The Morgan fingerprint density at radius 1 is 1.50 bits per heavy atom. The van der Waals surface area contributed by atoms with Crippen molar-refractivity contribution in [2.75, 3.05) is 0 Å². The highest BCUT2D eigenvalue weighted by Gasteiger charge is 1.95. The Bertz CT molecular complexity index is 47.7. The van der Waals surface area contributed by atoms with E-state index in [4.69, 9.17) is 4.80 Å². The molecule has 1 N–H and O–H groups in total. The second-order valence-electron chi connectivity index (χ2n) is 2.34. The van der Waals surface area contributed by atoms with Crippen LogP contribution in [0.2, 0.25) is 18.6 Å². The third-order valence-electron chi connectivity index (χ3n) is 1.23. The largest absolute Gasteiger partial charge is 0.435 e. The van der Waals surface area contributed by atoms with Crippen LogP contribution in [-0.2, 0) is 0 Å². The van der Waals surface area contributed by atoms with Crippen LogP contribution in [0.4, 0.5) is 0 Å². The van der Waals surface area contributed by atoms with Crippen LogP contribution in [-0.4, -0.2) is 24.1 Å². The van der Waals surface area contributed by atoms with Gasteiger partial charge in [0.1, 0.15) is 0 Å². The first-order valence-corrected chi connectivity index (χ1v) is 7.35. The lowest BCUT2D eigenvalue weighted by Gasteiger charge is -1.97. The van der Waals surface area contributed by atoms with Gasteiger partial charge in [0.2, 0.25) is 0 Å². The topological polar surface area (TPSA) is 20.2 Å². The minimum absolute atomic E-state index is 1.13. The molecule has 0 aliphatic rings. The van der Waals surface area contributed by atoms with Crippen LogP contribution < -0.4 is 0 Å². The normalized spacial score (nSPS) is 14.2. The molecule has 0 saturated carbocycles. The Balaban J connectivity index is 2.72. The summed E-state index contributed by atoms with van der Waals surface area (Å²) in [4.78, 5) is 8.93. The van der Waals surface area contributed by atoms with Crippen LogP contribution in [0.25, 0.3) is 0 Å². The first-order valence-electron chi connectivity index (χ1n) is 3.45. The summed E-state index contributed by atoms with van der Waals surface area (Å²) in [5, 5.41) is 0. The molecule has 8 heavy (non-hydrogen) atoms. The highest BCUT2D eigenvalue weighted by Crippen LogP contribution is 2.00. The minimum atomic E-state index is -1.19. The molecule has 0 aromatic heterocycles. The van der Waals surface area contributed by atoms with Crippen LogP contribution in [0.3, 0.4) is 0 Å². The lowest BCUT2D eigenvalue weighted by atomic mass is 10.4. The van der Waals surface area contributed by atoms with Crippen molar-refractivity contribution in [2.24, 2.45) is 0 Å². The van der Waals surface area contributed by atoms with Crippen molar-refractivity contribution in [1.82, 2.24) is 0 Å². The highest BCUT2D eigenvalue weighted by atomic mass is 28.3. The minimum Gasteiger partial charge on any atom is -0.435 e. The van der Waals surface area contributed by atoms with Crippen molar-refractivity contribution in [1.29, 1.82) is 0 Å². The van der Waals surface area contributed by atoms with Gasteiger partial charge in [-0.2, -0.15) is 0 Å². The van der Waals surface area contributed by atoms with E-state index in [1.54, 1.807) is 0 Å². The molecule has 1 nitrogen and oxygen atoms in total. The lowest BCUT2D eigenvalue weighted by molar-refractivity contribution is 0.571. The lowest BCUT2D eigenvalue weighted by Crippen LogP contribution is -2.03. The fourth-order valence-electron chi connectivity index (χ4n) is 0.690. The van der Waals surface area contributed by atoms with Crippen molar-refractivity contribution >= 4 is 19.3 Å². The van der Waals surface area contributed by atoms with E-state index >= 15 is 0 Å². The summed E-state index contributed by atoms with van der Waals surface area (Å²) in [7, 11) is 0.146. The van der Waals surface area contributed by atoms with Crippen molar-refractivity contribution < 1.29 is 4.80 Å². The van der Waals surface area contributed by atoms with Gasteiger partial charge in [0.15, 0.2) is 9.04 Å². The van der Waals surface area contributed by atoms with E-state index < -0.39 is 9.04 Å². The monoisotopic (exact) mass is 148 g/mol. The number of hydrogen-bond donors (Lipinski definition) is 1. The van der Waals surface area contributed by atoms with Gasteiger partial charge in [-0.25, -0.2) is 0 Å². The van der Waals surface area contributed by atoms with Gasteiger partial charge in [0, 0.05) is 10.2 Å². The van der Waals surface area contributed by atoms with Gasteiger partial charge >= 0.3 is 0 Å². The van der Waals surface area contributed by atoms with Crippen LogP contribution in [0.1, 0.15) is 12.8 Å². The average molecular weight is 148 g/mol. The van der Waals surface area contributed by atoms with Crippen LogP contribution in [0.5, 0.6) is 0 Å². The summed E-state index contributed by atoms with van der Waals surface area (Å²) in [6, 6.07) is 2.53. The molecule has 0 bridgehead atoms. The van der Waals surface area contributed by atoms with E-state index in [2.05, 4.69) is 0 Å². The fourth-order valence-corrected chi connectivity index (χ4v) is 2.07. The maximum atomic E-state index is 8.93. The van der Waals surface area contributed by atoms with Gasteiger partial charge in [-0.3, -0.25) is 0 Å².